The number of ether oxygens (including phenoxy) is 1. The van der Waals surface area contributed by atoms with Crippen LogP contribution in [0.5, 0.6) is 5.75 Å². The van der Waals surface area contributed by atoms with Crippen molar-refractivity contribution in [1.82, 2.24) is 14.7 Å². The first-order valence-electron chi connectivity index (χ1n) is 9.11. The minimum absolute atomic E-state index is 0.0850. The van der Waals surface area contributed by atoms with Gasteiger partial charge in [0.25, 0.3) is 0 Å². The van der Waals surface area contributed by atoms with Crippen LogP contribution in [0.25, 0.3) is 0 Å². The summed E-state index contributed by atoms with van der Waals surface area (Å²) in [6, 6.07) is 17.6. The third kappa shape index (κ3) is 4.28. The number of nitrogens with zero attached hydrogens (tertiary/aromatic N) is 3. The molecule has 27 heavy (non-hydrogen) atoms. The fraction of sp³-hybridized carbons (Fsp3) is 0.238. The first-order chi connectivity index (χ1) is 13.3. The first kappa shape index (κ1) is 17.1. The molecular weight excluding hydrogens is 340 g/mol. The number of anilines is 1. The van der Waals surface area contributed by atoms with Gasteiger partial charge in [-0.3, -0.25) is 4.68 Å². The maximum Gasteiger partial charge on any atom is 0.322 e. The standard InChI is InChI=1S/C21H22N4O2/c26-21(24-12-9-17-5-1-2-6-18(17)16-24)23-19-7-3-8-20(15-19)27-14-13-25-11-4-10-22-25/h1-8,10-11,15H,9,12-14,16H2,(H,23,26). The van der Waals surface area contributed by atoms with Gasteiger partial charge in [0.1, 0.15) is 12.4 Å². The average molecular weight is 362 g/mol. The summed E-state index contributed by atoms with van der Waals surface area (Å²) in [7, 11) is 0. The highest BCUT2D eigenvalue weighted by molar-refractivity contribution is 5.89. The Kier molecular flexibility index (Phi) is 5.05. The van der Waals surface area contributed by atoms with Crippen LogP contribution in [0.2, 0.25) is 0 Å². The molecule has 138 valence electrons. The molecular formula is C21H22N4O2. The molecule has 0 saturated heterocycles. The zero-order valence-corrected chi connectivity index (χ0v) is 15.0. The van der Waals surface area contributed by atoms with E-state index in [0.717, 1.165) is 24.4 Å². The van der Waals surface area contributed by atoms with E-state index in [0.29, 0.717) is 19.7 Å². The molecule has 3 aromatic rings. The second kappa shape index (κ2) is 7.95. The number of fused-ring (bicyclic) bond motifs is 1. The Labute approximate surface area is 158 Å². The number of carbonyl (C=O) groups excluding carboxylic acids is 1. The van der Waals surface area contributed by atoms with Crippen molar-refractivity contribution in [2.45, 2.75) is 19.5 Å². The molecule has 0 unspecified atom stereocenters. The third-order valence-corrected chi connectivity index (χ3v) is 4.65. The minimum atomic E-state index is -0.0850. The van der Waals surface area contributed by atoms with E-state index in [1.54, 1.807) is 6.20 Å². The summed E-state index contributed by atoms with van der Waals surface area (Å²) < 4.78 is 7.59. The summed E-state index contributed by atoms with van der Waals surface area (Å²) in [6.07, 6.45) is 4.53. The van der Waals surface area contributed by atoms with Crippen LogP contribution in [0.3, 0.4) is 0 Å². The average Bonchev–Trinajstić information content (AvgIpc) is 3.21. The molecule has 0 radical (unpaired) electrons. The van der Waals surface area contributed by atoms with Crippen LogP contribution in [0, 0.1) is 0 Å². The lowest BCUT2D eigenvalue weighted by Crippen LogP contribution is -2.38. The first-order valence-corrected chi connectivity index (χ1v) is 9.11. The van der Waals surface area contributed by atoms with Gasteiger partial charge in [0.05, 0.1) is 6.54 Å². The van der Waals surface area contributed by atoms with Gasteiger partial charge >= 0.3 is 6.03 Å². The van der Waals surface area contributed by atoms with Crippen molar-refractivity contribution in [3.05, 3.63) is 78.1 Å². The fourth-order valence-corrected chi connectivity index (χ4v) is 3.22. The van der Waals surface area contributed by atoms with Crippen molar-refractivity contribution in [2.24, 2.45) is 0 Å². The molecule has 1 aliphatic rings. The van der Waals surface area contributed by atoms with Crippen molar-refractivity contribution < 1.29 is 9.53 Å². The molecule has 0 fully saturated rings. The highest BCUT2D eigenvalue weighted by atomic mass is 16.5. The molecule has 4 rings (SSSR count). The largest absolute Gasteiger partial charge is 0.492 e. The molecule has 6 heteroatoms. The van der Waals surface area contributed by atoms with Crippen LogP contribution in [0.4, 0.5) is 10.5 Å². The second-order valence-electron chi connectivity index (χ2n) is 6.52. The number of hydrogen-bond acceptors (Lipinski definition) is 3. The Hall–Kier alpha value is -3.28. The number of urea groups is 1. The molecule has 1 N–H and O–H groups in total. The highest BCUT2D eigenvalue weighted by Gasteiger charge is 2.20. The molecule has 0 bridgehead atoms. The molecule has 1 aliphatic heterocycles. The topological polar surface area (TPSA) is 59.4 Å². The van der Waals surface area contributed by atoms with Crippen LogP contribution >= 0.6 is 0 Å². The molecule has 6 nitrogen and oxygen atoms in total. The van der Waals surface area contributed by atoms with Crippen molar-refractivity contribution in [1.29, 1.82) is 0 Å². The summed E-state index contributed by atoms with van der Waals surface area (Å²) in [4.78, 5) is 14.5. The molecule has 2 heterocycles. The molecule has 0 spiro atoms. The predicted octanol–water partition coefficient (Wildman–Crippen LogP) is 3.55. The number of amides is 2. The number of benzene rings is 2. The molecule has 2 amide bonds. The van der Waals surface area contributed by atoms with Crippen LogP contribution in [-0.2, 0) is 19.5 Å². The lowest BCUT2D eigenvalue weighted by atomic mass is 10.0. The predicted molar refractivity (Wildman–Crippen MR) is 104 cm³/mol. The van der Waals surface area contributed by atoms with E-state index in [9.17, 15) is 4.79 Å². The Morgan fingerprint density at radius 3 is 2.85 bits per heavy atom. The Morgan fingerprint density at radius 2 is 2.00 bits per heavy atom. The van der Waals surface area contributed by atoms with Gasteiger partial charge in [-0.25, -0.2) is 4.79 Å². The normalized spacial score (nSPS) is 13.1. The molecule has 0 atom stereocenters. The zero-order valence-electron chi connectivity index (χ0n) is 15.0. The Morgan fingerprint density at radius 1 is 1.11 bits per heavy atom. The van der Waals surface area contributed by atoms with Gasteiger partial charge in [-0.15, -0.1) is 0 Å². The van der Waals surface area contributed by atoms with Gasteiger partial charge in [0.15, 0.2) is 0 Å². The van der Waals surface area contributed by atoms with E-state index < -0.39 is 0 Å². The van der Waals surface area contributed by atoms with Gasteiger partial charge in [-0.2, -0.15) is 5.10 Å². The molecule has 2 aromatic carbocycles. The van der Waals surface area contributed by atoms with Crippen molar-refractivity contribution in [3.8, 4) is 5.75 Å². The van der Waals surface area contributed by atoms with Crippen LogP contribution < -0.4 is 10.1 Å². The Bertz CT molecular complexity index is 908. The molecule has 0 saturated carbocycles. The van der Waals surface area contributed by atoms with Gasteiger partial charge < -0.3 is 15.0 Å². The smallest absolute Gasteiger partial charge is 0.322 e. The number of aromatic nitrogens is 2. The minimum Gasteiger partial charge on any atom is -0.492 e. The maximum atomic E-state index is 12.6. The SMILES string of the molecule is O=C(Nc1cccc(OCCn2cccn2)c1)N1CCc2ccccc2C1. The summed E-state index contributed by atoms with van der Waals surface area (Å²) in [5.74, 6) is 0.726. The lowest BCUT2D eigenvalue weighted by Gasteiger charge is -2.29. The maximum absolute atomic E-state index is 12.6. The van der Waals surface area contributed by atoms with E-state index in [1.165, 1.54) is 11.1 Å². The van der Waals surface area contributed by atoms with Crippen LogP contribution in [-0.4, -0.2) is 33.9 Å². The van der Waals surface area contributed by atoms with E-state index >= 15 is 0 Å². The van der Waals surface area contributed by atoms with Gasteiger partial charge in [-0.05, 0) is 35.7 Å². The van der Waals surface area contributed by atoms with Gasteiger partial charge in [0, 0.05) is 37.2 Å². The van der Waals surface area contributed by atoms with Crippen molar-refractivity contribution in [2.75, 3.05) is 18.5 Å². The highest BCUT2D eigenvalue weighted by Crippen LogP contribution is 2.21. The van der Waals surface area contributed by atoms with Crippen molar-refractivity contribution >= 4 is 11.7 Å². The Balaban J connectivity index is 1.33. The monoisotopic (exact) mass is 362 g/mol. The summed E-state index contributed by atoms with van der Waals surface area (Å²) in [5.41, 5.74) is 3.28. The molecule has 0 aliphatic carbocycles. The van der Waals surface area contributed by atoms with Gasteiger partial charge in [-0.1, -0.05) is 30.3 Å². The summed E-state index contributed by atoms with van der Waals surface area (Å²) >= 11 is 0. The molecule has 1 aromatic heterocycles. The van der Waals surface area contributed by atoms with E-state index in [4.69, 9.17) is 4.74 Å². The lowest BCUT2D eigenvalue weighted by molar-refractivity contribution is 0.206. The number of carbonyl (C=O) groups is 1. The van der Waals surface area contributed by atoms with Gasteiger partial charge in [0.2, 0.25) is 0 Å². The summed E-state index contributed by atoms with van der Waals surface area (Å²) in [5, 5.41) is 7.12. The van der Waals surface area contributed by atoms with E-state index in [2.05, 4.69) is 22.5 Å². The summed E-state index contributed by atoms with van der Waals surface area (Å²) in [6.45, 7) is 2.56. The zero-order chi connectivity index (χ0) is 18.5. The number of rotatable bonds is 5. The number of hydrogen-bond donors (Lipinski definition) is 1. The van der Waals surface area contributed by atoms with Crippen LogP contribution in [0.1, 0.15) is 11.1 Å². The quantitative estimate of drug-likeness (QED) is 0.755. The fourth-order valence-electron chi connectivity index (χ4n) is 3.22. The van der Waals surface area contributed by atoms with E-state index in [1.807, 2.05) is 58.2 Å². The number of nitrogens with one attached hydrogen (secondary N) is 1. The van der Waals surface area contributed by atoms with E-state index in [-0.39, 0.29) is 6.03 Å². The third-order valence-electron chi connectivity index (χ3n) is 4.65. The van der Waals surface area contributed by atoms with Crippen LogP contribution in [0.15, 0.2) is 67.0 Å². The second-order valence-corrected chi connectivity index (χ2v) is 6.52. The van der Waals surface area contributed by atoms with Crippen molar-refractivity contribution in [3.63, 3.8) is 0 Å².